The highest BCUT2D eigenvalue weighted by molar-refractivity contribution is 6.25. The zero-order chi connectivity index (χ0) is 7.56. The van der Waals surface area contributed by atoms with Gasteiger partial charge in [0, 0.05) is 12.0 Å². The third kappa shape index (κ3) is 1.51. The van der Waals surface area contributed by atoms with Crippen molar-refractivity contribution < 1.29 is 9.53 Å². The minimum absolute atomic E-state index is 0.0648. The summed E-state index contributed by atoms with van der Waals surface area (Å²) in [6, 6.07) is 0. The van der Waals surface area contributed by atoms with Gasteiger partial charge in [-0.25, -0.2) is 0 Å². The molecule has 0 radical (unpaired) electrons. The molecule has 0 aromatic rings. The fourth-order valence-electron chi connectivity index (χ4n) is 0.916. The van der Waals surface area contributed by atoms with Gasteiger partial charge < -0.3 is 4.74 Å². The molecule has 1 heterocycles. The van der Waals surface area contributed by atoms with Gasteiger partial charge in [-0.2, -0.15) is 0 Å². The number of esters is 1. The molecule has 0 spiro atoms. The van der Waals surface area contributed by atoms with Gasteiger partial charge >= 0.3 is 5.97 Å². The zero-order valence-corrected chi connectivity index (χ0v) is 6.52. The number of hydrogen-bond acceptors (Lipinski definition) is 2. The Balaban J connectivity index is 2.52. The lowest BCUT2D eigenvalue weighted by atomic mass is 10.1. The summed E-state index contributed by atoms with van der Waals surface area (Å²) in [5.74, 6) is -0.122. The van der Waals surface area contributed by atoms with Gasteiger partial charge in [-0.3, -0.25) is 4.79 Å². The van der Waals surface area contributed by atoms with Gasteiger partial charge in [-0.15, -0.1) is 0 Å². The molecular weight excluding hydrogens is 152 g/mol. The van der Waals surface area contributed by atoms with Crippen LogP contribution in [0.1, 0.15) is 19.8 Å². The van der Waals surface area contributed by atoms with E-state index in [0.717, 1.165) is 12.0 Å². The molecule has 0 saturated carbocycles. The third-order valence-corrected chi connectivity index (χ3v) is 1.91. The highest BCUT2D eigenvalue weighted by Gasteiger charge is 2.23. The summed E-state index contributed by atoms with van der Waals surface area (Å²) >= 11 is 5.43. The first-order valence-corrected chi connectivity index (χ1v) is 3.64. The second kappa shape index (κ2) is 3.06. The maximum atomic E-state index is 10.6. The standard InChI is InChI=1S/C7H9ClO2/c1-5(4-8)6-2-3-7(9)10-6/h4,6H,2-3H2,1H3/b5-4+/t6-/m0/s1. The van der Waals surface area contributed by atoms with Crippen LogP contribution in [0.15, 0.2) is 11.1 Å². The molecule has 0 aromatic carbocycles. The Hall–Kier alpha value is -0.500. The van der Waals surface area contributed by atoms with Crippen molar-refractivity contribution in [2.75, 3.05) is 0 Å². The second-order valence-corrected chi connectivity index (χ2v) is 2.59. The fourth-order valence-corrected chi connectivity index (χ4v) is 1.06. The number of rotatable bonds is 1. The monoisotopic (exact) mass is 160 g/mol. The van der Waals surface area contributed by atoms with Crippen molar-refractivity contribution >= 4 is 17.6 Å². The van der Waals surface area contributed by atoms with Gasteiger partial charge in [0.25, 0.3) is 0 Å². The van der Waals surface area contributed by atoms with Gasteiger partial charge in [0.1, 0.15) is 6.10 Å². The van der Waals surface area contributed by atoms with Gasteiger partial charge in [0.05, 0.1) is 0 Å². The topological polar surface area (TPSA) is 26.3 Å². The molecule has 3 heteroatoms. The molecular formula is C7H9ClO2. The highest BCUT2D eigenvalue weighted by Crippen LogP contribution is 2.20. The molecule has 1 saturated heterocycles. The maximum Gasteiger partial charge on any atom is 0.306 e. The smallest absolute Gasteiger partial charge is 0.306 e. The largest absolute Gasteiger partial charge is 0.458 e. The number of ether oxygens (including phenoxy) is 1. The Morgan fingerprint density at radius 1 is 1.90 bits per heavy atom. The Kier molecular flexibility index (Phi) is 2.33. The molecule has 1 aliphatic rings. The Morgan fingerprint density at radius 3 is 3.00 bits per heavy atom. The SMILES string of the molecule is C/C(=C\Cl)[C@@H]1CCC(=O)O1. The van der Waals surface area contributed by atoms with Crippen LogP contribution >= 0.6 is 11.6 Å². The number of carbonyl (C=O) groups excluding carboxylic acids is 1. The van der Waals surface area contributed by atoms with Crippen LogP contribution in [-0.2, 0) is 9.53 Å². The van der Waals surface area contributed by atoms with Gasteiger partial charge in [0.2, 0.25) is 0 Å². The van der Waals surface area contributed by atoms with Crippen LogP contribution in [0, 0.1) is 0 Å². The van der Waals surface area contributed by atoms with Crippen molar-refractivity contribution in [3.8, 4) is 0 Å². The van der Waals surface area contributed by atoms with Crippen molar-refractivity contribution in [1.82, 2.24) is 0 Å². The summed E-state index contributed by atoms with van der Waals surface area (Å²) in [6.07, 6.45) is 1.23. The number of hydrogen-bond donors (Lipinski definition) is 0. The molecule has 10 heavy (non-hydrogen) atoms. The predicted octanol–water partition coefficient (Wildman–Crippen LogP) is 1.83. The average molecular weight is 161 g/mol. The summed E-state index contributed by atoms with van der Waals surface area (Å²) in [4.78, 5) is 10.6. The number of cyclic esters (lactones) is 1. The summed E-state index contributed by atoms with van der Waals surface area (Å²) in [5.41, 5.74) is 2.39. The summed E-state index contributed by atoms with van der Waals surface area (Å²) in [7, 11) is 0. The summed E-state index contributed by atoms with van der Waals surface area (Å²) in [5, 5.41) is 0. The lowest BCUT2D eigenvalue weighted by Crippen LogP contribution is -2.07. The molecule has 1 rings (SSSR count). The van der Waals surface area contributed by atoms with E-state index in [1.165, 1.54) is 5.54 Å². The minimum atomic E-state index is -0.122. The molecule has 0 N–H and O–H groups in total. The lowest BCUT2D eigenvalue weighted by molar-refractivity contribution is -0.140. The molecule has 0 aromatic heterocycles. The molecule has 0 bridgehead atoms. The minimum Gasteiger partial charge on any atom is -0.458 e. The average Bonchev–Trinajstić information content (AvgIpc) is 2.34. The quantitative estimate of drug-likeness (QED) is 0.547. The van der Waals surface area contributed by atoms with E-state index in [1.807, 2.05) is 6.92 Å². The van der Waals surface area contributed by atoms with Crippen molar-refractivity contribution in [2.24, 2.45) is 0 Å². The molecule has 2 nitrogen and oxygen atoms in total. The van der Waals surface area contributed by atoms with Gasteiger partial charge in [0.15, 0.2) is 0 Å². The van der Waals surface area contributed by atoms with Crippen LogP contribution < -0.4 is 0 Å². The second-order valence-electron chi connectivity index (χ2n) is 2.37. The first-order valence-electron chi connectivity index (χ1n) is 3.20. The maximum absolute atomic E-state index is 10.6. The summed E-state index contributed by atoms with van der Waals surface area (Å²) < 4.78 is 4.92. The van der Waals surface area contributed by atoms with E-state index in [4.69, 9.17) is 16.3 Å². The van der Waals surface area contributed by atoms with Crippen molar-refractivity contribution in [1.29, 1.82) is 0 Å². The normalized spacial score (nSPS) is 26.8. The van der Waals surface area contributed by atoms with Crippen LogP contribution in [0.4, 0.5) is 0 Å². The van der Waals surface area contributed by atoms with Crippen LogP contribution in [0.3, 0.4) is 0 Å². The van der Waals surface area contributed by atoms with E-state index in [-0.39, 0.29) is 12.1 Å². The first kappa shape index (κ1) is 7.61. The zero-order valence-electron chi connectivity index (χ0n) is 5.76. The molecule has 1 aliphatic heterocycles. The van der Waals surface area contributed by atoms with E-state index in [2.05, 4.69) is 0 Å². The van der Waals surface area contributed by atoms with E-state index in [9.17, 15) is 4.79 Å². The lowest BCUT2D eigenvalue weighted by Gasteiger charge is -2.06. The summed E-state index contributed by atoms with van der Waals surface area (Å²) in [6.45, 7) is 1.86. The van der Waals surface area contributed by atoms with Gasteiger partial charge in [-0.1, -0.05) is 11.6 Å². The predicted molar refractivity (Wildman–Crippen MR) is 38.7 cm³/mol. The number of carbonyl (C=O) groups is 1. The van der Waals surface area contributed by atoms with E-state index < -0.39 is 0 Å². The van der Waals surface area contributed by atoms with Crippen molar-refractivity contribution in [2.45, 2.75) is 25.9 Å². The Bertz CT molecular complexity index is 174. The van der Waals surface area contributed by atoms with E-state index >= 15 is 0 Å². The third-order valence-electron chi connectivity index (χ3n) is 1.56. The first-order chi connectivity index (χ1) is 4.74. The van der Waals surface area contributed by atoms with Crippen LogP contribution in [-0.4, -0.2) is 12.1 Å². The van der Waals surface area contributed by atoms with Crippen molar-refractivity contribution in [3.63, 3.8) is 0 Å². The molecule has 0 aliphatic carbocycles. The van der Waals surface area contributed by atoms with E-state index in [1.54, 1.807) is 0 Å². The van der Waals surface area contributed by atoms with Crippen LogP contribution in [0.5, 0.6) is 0 Å². The Morgan fingerprint density at radius 2 is 2.60 bits per heavy atom. The molecule has 0 amide bonds. The van der Waals surface area contributed by atoms with E-state index in [0.29, 0.717) is 6.42 Å². The van der Waals surface area contributed by atoms with Crippen LogP contribution in [0.2, 0.25) is 0 Å². The Labute approximate surface area is 64.8 Å². The van der Waals surface area contributed by atoms with Gasteiger partial charge in [-0.05, 0) is 18.9 Å². The molecule has 1 atom stereocenters. The highest BCUT2D eigenvalue weighted by atomic mass is 35.5. The van der Waals surface area contributed by atoms with Crippen LogP contribution in [0.25, 0.3) is 0 Å². The van der Waals surface area contributed by atoms with Crippen molar-refractivity contribution in [3.05, 3.63) is 11.1 Å². The molecule has 56 valence electrons. The molecule has 1 fully saturated rings. The molecule has 0 unspecified atom stereocenters. The number of halogens is 1. The fraction of sp³-hybridized carbons (Fsp3) is 0.571.